The van der Waals surface area contributed by atoms with E-state index in [1.54, 1.807) is 37.3 Å². The number of carbonyl (C=O) groups is 2. The molecule has 3 rings (SSSR count). The number of benzene rings is 2. The van der Waals surface area contributed by atoms with Gasteiger partial charge in [0.25, 0.3) is 0 Å². The van der Waals surface area contributed by atoms with Crippen LogP contribution in [0.15, 0.2) is 60.7 Å². The highest BCUT2D eigenvalue weighted by molar-refractivity contribution is 6.06. The number of aromatic nitrogens is 1. The number of aryl methyl sites for hydroxylation is 1. The van der Waals surface area contributed by atoms with Gasteiger partial charge < -0.3 is 4.74 Å². The monoisotopic (exact) mass is 319 g/mol. The summed E-state index contributed by atoms with van der Waals surface area (Å²) in [5.41, 5.74) is 2.40. The van der Waals surface area contributed by atoms with Crippen molar-refractivity contribution in [1.82, 2.24) is 4.98 Å². The molecule has 0 spiro atoms. The lowest BCUT2D eigenvalue weighted by Gasteiger charge is -2.13. The van der Waals surface area contributed by atoms with Gasteiger partial charge in [-0.15, -0.1) is 0 Å². The molecule has 0 radical (unpaired) electrons. The fourth-order valence-corrected chi connectivity index (χ4v) is 2.59. The minimum atomic E-state index is -0.855. The number of ketones is 1. The lowest BCUT2D eigenvalue weighted by Crippen LogP contribution is -2.24. The van der Waals surface area contributed by atoms with E-state index < -0.39 is 12.1 Å². The minimum Gasteiger partial charge on any atom is -0.451 e. The van der Waals surface area contributed by atoms with Gasteiger partial charge in [-0.3, -0.25) is 9.78 Å². The highest BCUT2D eigenvalue weighted by Gasteiger charge is 2.21. The largest absolute Gasteiger partial charge is 0.451 e. The molecule has 0 aliphatic heterocycles. The molecule has 0 fully saturated rings. The van der Waals surface area contributed by atoms with Crippen LogP contribution in [0.2, 0.25) is 0 Å². The molecule has 0 bridgehead atoms. The van der Waals surface area contributed by atoms with E-state index >= 15 is 0 Å². The Balaban J connectivity index is 1.86. The number of para-hydroxylation sites is 1. The zero-order valence-electron chi connectivity index (χ0n) is 13.5. The molecule has 0 aliphatic carbocycles. The van der Waals surface area contributed by atoms with Gasteiger partial charge in [0.05, 0.1) is 11.1 Å². The van der Waals surface area contributed by atoms with Crippen LogP contribution >= 0.6 is 0 Å². The normalized spacial score (nSPS) is 11.9. The van der Waals surface area contributed by atoms with Crippen molar-refractivity contribution in [1.29, 1.82) is 0 Å². The van der Waals surface area contributed by atoms with Crippen molar-refractivity contribution in [3.05, 3.63) is 77.5 Å². The summed E-state index contributed by atoms with van der Waals surface area (Å²) in [5.74, 6) is -0.743. The Hall–Kier alpha value is -3.01. The highest BCUT2D eigenvalue weighted by Crippen LogP contribution is 2.20. The fourth-order valence-electron chi connectivity index (χ4n) is 2.59. The summed E-state index contributed by atoms with van der Waals surface area (Å²) in [4.78, 5) is 29.3. The molecule has 1 aromatic heterocycles. The van der Waals surface area contributed by atoms with Gasteiger partial charge in [0.15, 0.2) is 6.10 Å². The molecular weight excluding hydrogens is 302 g/mol. The molecule has 120 valence electrons. The Bertz CT molecular complexity index is 903. The van der Waals surface area contributed by atoms with Gasteiger partial charge >= 0.3 is 5.97 Å². The van der Waals surface area contributed by atoms with Crippen molar-refractivity contribution in [3.63, 3.8) is 0 Å². The van der Waals surface area contributed by atoms with Gasteiger partial charge in [0, 0.05) is 16.6 Å². The third-order valence-electron chi connectivity index (χ3n) is 3.78. The second-order valence-corrected chi connectivity index (χ2v) is 5.61. The number of Topliss-reactive ketones (excluding diaryl/α,β-unsaturated/α-hetero) is 1. The van der Waals surface area contributed by atoms with E-state index in [9.17, 15) is 9.59 Å². The van der Waals surface area contributed by atoms with Gasteiger partial charge in [0.1, 0.15) is 0 Å². The molecule has 0 saturated heterocycles. The van der Waals surface area contributed by atoms with Crippen molar-refractivity contribution in [2.45, 2.75) is 20.0 Å². The van der Waals surface area contributed by atoms with Crippen molar-refractivity contribution < 1.29 is 14.3 Å². The first-order valence-corrected chi connectivity index (χ1v) is 7.73. The molecule has 4 nitrogen and oxygen atoms in total. The smallest absolute Gasteiger partial charge is 0.339 e. The second kappa shape index (κ2) is 6.62. The maximum Gasteiger partial charge on any atom is 0.339 e. The predicted molar refractivity (Wildman–Crippen MR) is 92.1 cm³/mol. The van der Waals surface area contributed by atoms with Crippen molar-refractivity contribution in [2.75, 3.05) is 0 Å². The van der Waals surface area contributed by atoms with Crippen molar-refractivity contribution in [2.24, 2.45) is 0 Å². The molecule has 4 heteroatoms. The first-order valence-electron chi connectivity index (χ1n) is 7.73. The summed E-state index contributed by atoms with van der Waals surface area (Å²) < 4.78 is 5.40. The highest BCUT2D eigenvalue weighted by atomic mass is 16.5. The van der Waals surface area contributed by atoms with Crippen LogP contribution in [-0.2, 0) is 4.74 Å². The summed E-state index contributed by atoms with van der Waals surface area (Å²) >= 11 is 0. The van der Waals surface area contributed by atoms with Crippen LogP contribution in [0.1, 0.15) is 33.3 Å². The molecule has 0 amide bonds. The van der Waals surface area contributed by atoms with Crippen LogP contribution in [-0.4, -0.2) is 22.8 Å². The lowest BCUT2D eigenvalue weighted by atomic mass is 10.1. The molecule has 3 aromatic rings. The Morgan fingerprint density at radius 2 is 1.67 bits per heavy atom. The van der Waals surface area contributed by atoms with Crippen LogP contribution in [0.5, 0.6) is 0 Å². The Morgan fingerprint density at radius 1 is 1.00 bits per heavy atom. The van der Waals surface area contributed by atoms with Gasteiger partial charge in [-0.1, -0.05) is 48.5 Å². The minimum absolute atomic E-state index is 0.223. The molecule has 1 atom stereocenters. The average Bonchev–Trinajstić information content (AvgIpc) is 2.60. The summed E-state index contributed by atoms with van der Waals surface area (Å²) in [6.45, 7) is 3.41. The summed E-state index contributed by atoms with van der Waals surface area (Å²) in [6.07, 6.45) is -0.855. The predicted octanol–water partition coefficient (Wildman–Crippen LogP) is 3.97. The number of pyridine rings is 1. The molecule has 1 heterocycles. The fraction of sp³-hybridized carbons (Fsp3) is 0.150. The summed E-state index contributed by atoms with van der Waals surface area (Å²) in [7, 11) is 0. The Morgan fingerprint density at radius 3 is 2.42 bits per heavy atom. The maximum absolute atomic E-state index is 12.6. The zero-order chi connectivity index (χ0) is 17.1. The van der Waals surface area contributed by atoms with E-state index in [1.165, 1.54) is 0 Å². The third-order valence-corrected chi connectivity index (χ3v) is 3.78. The van der Waals surface area contributed by atoms with E-state index in [0.717, 1.165) is 11.2 Å². The quantitative estimate of drug-likeness (QED) is 0.539. The molecule has 0 unspecified atom stereocenters. The first-order chi connectivity index (χ1) is 11.6. The van der Waals surface area contributed by atoms with Crippen LogP contribution in [0.25, 0.3) is 10.9 Å². The van der Waals surface area contributed by atoms with E-state index in [4.69, 9.17) is 4.74 Å². The number of fused-ring (bicyclic) bond motifs is 1. The number of hydrogen-bond donors (Lipinski definition) is 0. The molecule has 0 aliphatic rings. The Labute approximate surface area is 140 Å². The topological polar surface area (TPSA) is 56.3 Å². The van der Waals surface area contributed by atoms with Crippen molar-refractivity contribution in [3.8, 4) is 0 Å². The number of ether oxygens (including phenoxy) is 1. The lowest BCUT2D eigenvalue weighted by molar-refractivity contribution is 0.0320. The molecular formula is C20H17NO3. The number of nitrogens with zero attached hydrogens (tertiary/aromatic N) is 1. The van der Waals surface area contributed by atoms with Crippen molar-refractivity contribution >= 4 is 22.7 Å². The number of carbonyl (C=O) groups excluding carboxylic acids is 2. The summed E-state index contributed by atoms with van der Waals surface area (Å²) in [5, 5.41) is 0.715. The second-order valence-electron chi connectivity index (χ2n) is 5.61. The van der Waals surface area contributed by atoms with Gasteiger partial charge in [-0.2, -0.15) is 0 Å². The molecule has 24 heavy (non-hydrogen) atoms. The van der Waals surface area contributed by atoms with Gasteiger partial charge in [-0.25, -0.2) is 4.79 Å². The molecule has 2 aromatic carbocycles. The van der Waals surface area contributed by atoms with E-state index in [-0.39, 0.29) is 5.78 Å². The van der Waals surface area contributed by atoms with Crippen LogP contribution in [0.4, 0.5) is 0 Å². The van der Waals surface area contributed by atoms with Gasteiger partial charge in [-0.05, 0) is 26.0 Å². The van der Waals surface area contributed by atoms with Gasteiger partial charge in [0.2, 0.25) is 5.78 Å². The summed E-state index contributed by atoms with van der Waals surface area (Å²) in [6, 6.07) is 17.9. The third kappa shape index (κ3) is 3.18. The Kier molecular flexibility index (Phi) is 4.38. The van der Waals surface area contributed by atoms with Crippen LogP contribution in [0.3, 0.4) is 0 Å². The zero-order valence-corrected chi connectivity index (χ0v) is 13.5. The first kappa shape index (κ1) is 15.9. The average molecular weight is 319 g/mol. The standard InChI is InChI=1S/C20H17NO3/c1-13-12-17(16-10-6-7-11-18(16)21-13)20(23)24-14(2)19(22)15-8-4-3-5-9-15/h3-12,14H,1-2H3/t14-/m0/s1. The number of esters is 1. The van der Waals surface area contributed by atoms with Crippen LogP contribution in [0, 0.1) is 6.92 Å². The van der Waals surface area contributed by atoms with E-state index in [0.29, 0.717) is 16.5 Å². The van der Waals surface area contributed by atoms with Crippen LogP contribution < -0.4 is 0 Å². The number of rotatable bonds is 4. The molecule has 0 saturated carbocycles. The SMILES string of the molecule is Cc1cc(C(=O)O[C@@H](C)C(=O)c2ccccc2)c2ccccc2n1. The number of hydrogen-bond acceptors (Lipinski definition) is 4. The molecule has 0 N–H and O–H groups in total. The van der Waals surface area contributed by atoms with E-state index in [2.05, 4.69) is 4.98 Å². The maximum atomic E-state index is 12.6. The van der Waals surface area contributed by atoms with E-state index in [1.807, 2.05) is 37.3 Å².